The summed E-state index contributed by atoms with van der Waals surface area (Å²) >= 11 is 0. The molecule has 9 nitrogen and oxygen atoms in total. The Morgan fingerprint density at radius 1 is 1.24 bits per heavy atom. The van der Waals surface area contributed by atoms with Crippen molar-refractivity contribution in [2.45, 2.75) is 51.6 Å². The molecular formula is C19H23ClN6O3. The van der Waals surface area contributed by atoms with Gasteiger partial charge in [0, 0.05) is 5.56 Å². The van der Waals surface area contributed by atoms with E-state index in [1.807, 2.05) is 24.3 Å². The molecular weight excluding hydrogens is 396 g/mol. The van der Waals surface area contributed by atoms with Crippen LogP contribution in [0.25, 0.3) is 11.5 Å². The van der Waals surface area contributed by atoms with E-state index in [-0.39, 0.29) is 23.0 Å². The second kappa shape index (κ2) is 7.92. The minimum atomic E-state index is -0.480. The second-order valence-corrected chi connectivity index (χ2v) is 7.42. The molecule has 0 amide bonds. The van der Waals surface area contributed by atoms with Crippen LogP contribution in [-0.4, -0.2) is 24.8 Å². The maximum atomic E-state index is 11.1. The van der Waals surface area contributed by atoms with E-state index in [0.29, 0.717) is 29.6 Å². The van der Waals surface area contributed by atoms with Crippen molar-refractivity contribution >= 4 is 18.1 Å². The molecule has 0 bridgehead atoms. The Balaban J connectivity index is 0.00000240. The average molecular weight is 419 g/mol. The van der Waals surface area contributed by atoms with Gasteiger partial charge >= 0.3 is 5.69 Å². The van der Waals surface area contributed by atoms with Crippen molar-refractivity contribution in [1.82, 2.24) is 19.9 Å². The molecule has 2 N–H and O–H groups in total. The zero-order chi connectivity index (χ0) is 19.9. The highest BCUT2D eigenvalue weighted by Crippen LogP contribution is 2.35. The van der Waals surface area contributed by atoms with Crippen LogP contribution in [0, 0.1) is 24.0 Å². The van der Waals surface area contributed by atoms with Crippen LogP contribution in [0.3, 0.4) is 0 Å². The highest BCUT2D eigenvalue weighted by Gasteiger charge is 2.36. The Hall–Kier alpha value is -2.78. The molecule has 154 valence electrons. The van der Waals surface area contributed by atoms with Crippen molar-refractivity contribution in [2.24, 2.45) is 5.73 Å². The van der Waals surface area contributed by atoms with E-state index in [1.165, 1.54) is 0 Å². The van der Waals surface area contributed by atoms with Gasteiger partial charge in [-0.25, -0.2) is 0 Å². The molecule has 0 aliphatic heterocycles. The van der Waals surface area contributed by atoms with Crippen LogP contribution in [0.1, 0.15) is 48.5 Å². The molecule has 0 atom stereocenters. The summed E-state index contributed by atoms with van der Waals surface area (Å²) in [4.78, 5) is 15.3. The number of nitro groups is 1. The molecule has 1 saturated carbocycles. The number of nitrogens with zero attached hydrogens (tertiary/aromatic N) is 5. The average Bonchev–Trinajstić information content (AvgIpc) is 3.36. The second-order valence-electron chi connectivity index (χ2n) is 7.42. The summed E-state index contributed by atoms with van der Waals surface area (Å²) in [6.07, 6.45) is 3.92. The maximum absolute atomic E-state index is 11.1. The van der Waals surface area contributed by atoms with Crippen molar-refractivity contribution in [2.75, 3.05) is 0 Å². The lowest BCUT2D eigenvalue weighted by Crippen LogP contribution is -2.34. The standard InChI is InChI=1S/C19H22N6O3.ClH/c1-12-16(25(26)27)13(2)24(22-12)11-14-5-7-15(8-6-14)17-21-18(23-28-17)19(20)9-3-4-10-19;/h5-8H,3-4,9-11,20H2,1-2H3;1H. The lowest BCUT2D eigenvalue weighted by Gasteiger charge is -2.17. The fourth-order valence-corrected chi connectivity index (χ4v) is 3.80. The summed E-state index contributed by atoms with van der Waals surface area (Å²) in [7, 11) is 0. The predicted octanol–water partition coefficient (Wildman–Crippen LogP) is 3.66. The van der Waals surface area contributed by atoms with Crippen LogP contribution < -0.4 is 5.73 Å². The summed E-state index contributed by atoms with van der Waals surface area (Å²) in [6.45, 7) is 3.80. The Morgan fingerprint density at radius 2 is 1.90 bits per heavy atom. The van der Waals surface area contributed by atoms with Gasteiger partial charge < -0.3 is 10.3 Å². The quantitative estimate of drug-likeness (QED) is 0.494. The first-order valence-electron chi connectivity index (χ1n) is 9.28. The highest BCUT2D eigenvalue weighted by molar-refractivity contribution is 5.85. The highest BCUT2D eigenvalue weighted by atomic mass is 35.5. The lowest BCUT2D eigenvalue weighted by atomic mass is 9.99. The van der Waals surface area contributed by atoms with Crippen molar-refractivity contribution in [3.05, 3.63) is 57.2 Å². The van der Waals surface area contributed by atoms with Crippen LogP contribution in [0.15, 0.2) is 28.8 Å². The minimum absolute atomic E-state index is 0. The monoisotopic (exact) mass is 418 g/mol. The molecule has 1 fully saturated rings. The third-order valence-corrected chi connectivity index (χ3v) is 5.43. The van der Waals surface area contributed by atoms with Crippen molar-refractivity contribution in [1.29, 1.82) is 0 Å². The molecule has 2 heterocycles. The summed E-state index contributed by atoms with van der Waals surface area (Å²) in [5, 5.41) is 19.5. The third-order valence-electron chi connectivity index (χ3n) is 5.43. The molecule has 29 heavy (non-hydrogen) atoms. The smallest absolute Gasteiger partial charge is 0.312 e. The maximum Gasteiger partial charge on any atom is 0.312 e. The van der Waals surface area contributed by atoms with Crippen LogP contribution >= 0.6 is 12.4 Å². The molecule has 2 aromatic heterocycles. The van der Waals surface area contributed by atoms with E-state index >= 15 is 0 Å². The van der Waals surface area contributed by atoms with E-state index in [9.17, 15) is 10.1 Å². The Labute approximate surface area is 173 Å². The summed E-state index contributed by atoms with van der Waals surface area (Å²) in [5.41, 5.74) is 8.71. The molecule has 4 rings (SSSR count). The number of nitrogens with two attached hydrogens (primary N) is 1. The van der Waals surface area contributed by atoms with Gasteiger partial charge in [-0.15, -0.1) is 12.4 Å². The van der Waals surface area contributed by atoms with E-state index in [4.69, 9.17) is 10.3 Å². The first-order chi connectivity index (χ1) is 13.4. The number of hydrogen-bond donors (Lipinski definition) is 1. The largest absolute Gasteiger partial charge is 0.334 e. The summed E-state index contributed by atoms with van der Waals surface area (Å²) < 4.78 is 7.06. The van der Waals surface area contributed by atoms with Crippen LogP contribution in [0.5, 0.6) is 0 Å². The fraction of sp³-hybridized carbons (Fsp3) is 0.421. The van der Waals surface area contributed by atoms with Crippen molar-refractivity contribution in [3.63, 3.8) is 0 Å². The summed E-state index contributed by atoms with van der Waals surface area (Å²) in [5.74, 6) is 1.01. The third kappa shape index (κ3) is 3.88. The summed E-state index contributed by atoms with van der Waals surface area (Å²) in [6, 6.07) is 7.64. The van der Waals surface area contributed by atoms with Crippen molar-refractivity contribution < 1.29 is 9.45 Å². The number of hydrogen-bond acceptors (Lipinski definition) is 7. The Bertz CT molecular complexity index is 1020. The number of rotatable bonds is 5. The molecule has 3 aromatic rings. The van der Waals surface area contributed by atoms with Crippen LogP contribution in [0.2, 0.25) is 0 Å². The zero-order valence-corrected chi connectivity index (χ0v) is 17.1. The van der Waals surface area contributed by atoms with Crippen LogP contribution in [0.4, 0.5) is 5.69 Å². The van der Waals surface area contributed by atoms with E-state index in [2.05, 4.69) is 15.2 Å². The van der Waals surface area contributed by atoms with Crippen molar-refractivity contribution in [3.8, 4) is 11.5 Å². The topological polar surface area (TPSA) is 126 Å². The molecule has 0 radical (unpaired) electrons. The number of aryl methyl sites for hydroxylation is 1. The minimum Gasteiger partial charge on any atom is -0.334 e. The van der Waals surface area contributed by atoms with Gasteiger partial charge in [0.15, 0.2) is 5.82 Å². The van der Waals surface area contributed by atoms with Gasteiger partial charge in [0.1, 0.15) is 11.4 Å². The fourth-order valence-electron chi connectivity index (χ4n) is 3.80. The lowest BCUT2D eigenvalue weighted by molar-refractivity contribution is -0.386. The van der Waals surface area contributed by atoms with Gasteiger partial charge in [-0.3, -0.25) is 14.8 Å². The zero-order valence-electron chi connectivity index (χ0n) is 16.3. The molecule has 1 aliphatic carbocycles. The van der Waals surface area contributed by atoms with E-state index < -0.39 is 5.54 Å². The molecule has 0 spiro atoms. The number of aromatic nitrogens is 4. The van der Waals surface area contributed by atoms with Gasteiger partial charge in [-0.1, -0.05) is 30.1 Å². The molecule has 1 aliphatic rings. The predicted molar refractivity (Wildman–Crippen MR) is 109 cm³/mol. The van der Waals surface area contributed by atoms with E-state index in [0.717, 1.165) is 36.8 Å². The normalized spacial score (nSPS) is 15.3. The molecule has 0 saturated heterocycles. The van der Waals surface area contributed by atoms with Gasteiger partial charge in [0.25, 0.3) is 5.89 Å². The van der Waals surface area contributed by atoms with Gasteiger partial charge in [-0.05, 0) is 44.4 Å². The Kier molecular flexibility index (Phi) is 5.72. The van der Waals surface area contributed by atoms with E-state index in [1.54, 1.807) is 18.5 Å². The van der Waals surface area contributed by atoms with Crippen LogP contribution in [-0.2, 0) is 12.1 Å². The Morgan fingerprint density at radius 3 is 2.48 bits per heavy atom. The van der Waals surface area contributed by atoms with Gasteiger partial charge in [0.2, 0.25) is 0 Å². The van der Waals surface area contributed by atoms with Gasteiger partial charge in [0.05, 0.1) is 17.0 Å². The SMILES string of the molecule is Cc1nn(Cc2ccc(-c3nc(C4(N)CCCC4)no3)cc2)c(C)c1[N+](=O)[O-].Cl. The molecule has 1 aromatic carbocycles. The first-order valence-corrected chi connectivity index (χ1v) is 9.28. The molecule has 10 heteroatoms. The molecule has 0 unspecified atom stereocenters. The first kappa shape index (κ1) is 20.9. The number of benzene rings is 1. The number of halogens is 1. The van der Waals surface area contributed by atoms with Gasteiger partial charge in [-0.2, -0.15) is 10.1 Å².